The highest BCUT2D eigenvalue weighted by Gasteiger charge is 2.46. The lowest BCUT2D eigenvalue weighted by Gasteiger charge is -2.54. The second-order valence-corrected chi connectivity index (χ2v) is 12.1. The minimum atomic E-state index is -0.426. The molecule has 3 saturated heterocycles. The molecule has 0 saturated carbocycles. The van der Waals surface area contributed by atoms with Crippen molar-refractivity contribution >= 4 is 16.9 Å². The summed E-state index contributed by atoms with van der Waals surface area (Å²) in [5.74, 6) is 1.81. The van der Waals surface area contributed by atoms with E-state index in [0.29, 0.717) is 41.4 Å². The molecule has 1 aromatic carbocycles. The van der Waals surface area contributed by atoms with Crippen LogP contribution in [0.4, 0.5) is 0 Å². The molecule has 0 spiro atoms. The Labute approximate surface area is 225 Å². The Kier molecular flexibility index (Phi) is 6.71. The molecule has 3 aliphatic heterocycles. The summed E-state index contributed by atoms with van der Waals surface area (Å²) in [7, 11) is 0. The molecule has 6 heteroatoms. The van der Waals surface area contributed by atoms with Crippen LogP contribution in [0, 0.1) is 25.7 Å². The number of hydrogen-bond acceptors (Lipinski definition) is 5. The van der Waals surface area contributed by atoms with Crippen molar-refractivity contribution in [2.75, 3.05) is 26.2 Å². The fraction of sp³-hybridized carbons (Fsp3) is 0.562. The first-order valence-electron chi connectivity index (χ1n) is 14.4. The summed E-state index contributed by atoms with van der Waals surface area (Å²) >= 11 is 0. The highest BCUT2D eigenvalue weighted by atomic mass is 16.5. The number of amides is 1. The second kappa shape index (κ2) is 10.0. The van der Waals surface area contributed by atoms with Crippen LogP contribution in [0.1, 0.15) is 62.1 Å². The van der Waals surface area contributed by atoms with Crippen LogP contribution in [0.15, 0.2) is 45.1 Å². The molecular formula is C32H40N2O4. The summed E-state index contributed by atoms with van der Waals surface area (Å²) in [6.45, 7) is 13.1. The summed E-state index contributed by atoms with van der Waals surface area (Å²) in [6, 6.07) is 4.68. The quantitative estimate of drug-likeness (QED) is 0.397. The molecule has 0 unspecified atom stereocenters. The van der Waals surface area contributed by atoms with Crippen LogP contribution in [0.3, 0.4) is 0 Å². The SMILES string of the molecule is C=C(C)COc1cc(C)cc2oc(=O)c(CC(=O)N3CCCC4=C[C@H]5C[C@@H](CN6CCCC[C@H]56)[C@@H]43)c(C)c12. The number of rotatable bonds is 5. The van der Waals surface area contributed by atoms with Crippen molar-refractivity contribution in [3.8, 4) is 5.75 Å². The minimum absolute atomic E-state index is 0.0334. The number of aryl methyl sites for hydroxylation is 2. The van der Waals surface area contributed by atoms with Gasteiger partial charge in [0.25, 0.3) is 0 Å². The van der Waals surface area contributed by atoms with Gasteiger partial charge >= 0.3 is 5.63 Å². The van der Waals surface area contributed by atoms with Crippen LogP contribution < -0.4 is 10.4 Å². The number of hydrogen-bond donors (Lipinski definition) is 0. The zero-order chi connectivity index (χ0) is 26.6. The van der Waals surface area contributed by atoms with Gasteiger partial charge in [-0.2, -0.15) is 0 Å². The van der Waals surface area contributed by atoms with Gasteiger partial charge in [-0.1, -0.05) is 24.6 Å². The van der Waals surface area contributed by atoms with Gasteiger partial charge < -0.3 is 14.1 Å². The first-order chi connectivity index (χ1) is 18.3. The molecule has 4 heterocycles. The highest BCUT2D eigenvalue weighted by molar-refractivity contribution is 5.90. The molecule has 3 fully saturated rings. The van der Waals surface area contributed by atoms with E-state index in [1.54, 1.807) is 0 Å². The van der Waals surface area contributed by atoms with Gasteiger partial charge in [0.1, 0.15) is 17.9 Å². The van der Waals surface area contributed by atoms with Crippen molar-refractivity contribution < 1.29 is 13.9 Å². The molecule has 202 valence electrons. The standard InChI is InChI=1S/C32H40N2O4/c1-19(2)18-37-27-12-20(3)13-28-30(27)21(4)25(32(36)38-28)16-29(35)34-11-7-8-22-14-23-15-24(31(22)34)17-33-10-6-5-9-26(23)33/h12-14,23-24,26,31H,1,5-11,15-18H2,2-4H3/t23-,24-,26+,31+/m0/s1. The Morgan fingerprint density at radius 2 is 2.03 bits per heavy atom. The molecule has 1 aliphatic carbocycles. The summed E-state index contributed by atoms with van der Waals surface area (Å²) in [6.07, 6.45) is 9.79. The third-order valence-corrected chi connectivity index (χ3v) is 9.27. The van der Waals surface area contributed by atoms with E-state index in [4.69, 9.17) is 9.15 Å². The summed E-state index contributed by atoms with van der Waals surface area (Å²) in [5.41, 5.74) is 4.61. The predicted molar refractivity (Wildman–Crippen MR) is 150 cm³/mol. The van der Waals surface area contributed by atoms with Crippen molar-refractivity contribution in [3.05, 3.63) is 63.0 Å². The molecule has 6 rings (SSSR count). The van der Waals surface area contributed by atoms with E-state index in [0.717, 1.165) is 48.0 Å². The molecule has 0 radical (unpaired) electrons. The lowest BCUT2D eigenvalue weighted by molar-refractivity contribution is -0.135. The summed E-state index contributed by atoms with van der Waals surface area (Å²) in [5, 5.41) is 0.766. The van der Waals surface area contributed by atoms with Gasteiger partial charge in [0.15, 0.2) is 0 Å². The van der Waals surface area contributed by atoms with Crippen LogP contribution in [0.2, 0.25) is 0 Å². The molecule has 1 amide bonds. The molecular weight excluding hydrogens is 476 g/mol. The van der Waals surface area contributed by atoms with Gasteiger partial charge in [0.05, 0.1) is 23.4 Å². The van der Waals surface area contributed by atoms with E-state index >= 15 is 0 Å². The van der Waals surface area contributed by atoms with Gasteiger partial charge in [-0.25, -0.2) is 4.79 Å². The maximum Gasteiger partial charge on any atom is 0.340 e. The normalized spacial score (nSPS) is 26.9. The van der Waals surface area contributed by atoms with E-state index < -0.39 is 5.63 Å². The number of nitrogens with zero attached hydrogens (tertiary/aromatic N) is 2. The average molecular weight is 517 g/mol. The van der Waals surface area contributed by atoms with Gasteiger partial charge in [0.2, 0.25) is 5.91 Å². The lowest BCUT2D eigenvalue weighted by Crippen LogP contribution is -2.60. The van der Waals surface area contributed by atoms with Gasteiger partial charge in [0, 0.05) is 19.1 Å². The number of carbonyl (C=O) groups is 1. The van der Waals surface area contributed by atoms with Gasteiger partial charge in [-0.05, 0) is 100 Å². The predicted octanol–water partition coefficient (Wildman–Crippen LogP) is 5.33. The van der Waals surface area contributed by atoms with Crippen molar-refractivity contribution in [2.45, 2.75) is 77.8 Å². The van der Waals surface area contributed by atoms with Crippen LogP contribution in [-0.4, -0.2) is 54.0 Å². The molecule has 2 aromatic rings. The van der Waals surface area contributed by atoms with E-state index in [1.165, 1.54) is 37.8 Å². The molecule has 2 bridgehead atoms. The number of carbonyl (C=O) groups excluding carboxylic acids is 1. The average Bonchev–Trinajstić information content (AvgIpc) is 2.89. The highest BCUT2D eigenvalue weighted by Crippen LogP contribution is 2.45. The maximum atomic E-state index is 13.9. The van der Waals surface area contributed by atoms with Crippen LogP contribution in [0.25, 0.3) is 11.0 Å². The largest absolute Gasteiger partial charge is 0.488 e. The monoisotopic (exact) mass is 516 g/mol. The van der Waals surface area contributed by atoms with E-state index in [2.05, 4.69) is 22.5 Å². The van der Waals surface area contributed by atoms with E-state index in [9.17, 15) is 9.59 Å². The Morgan fingerprint density at radius 1 is 1.18 bits per heavy atom. The van der Waals surface area contributed by atoms with E-state index in [-0.39, 0.29) is 18.4 Å². The van der Waals surface area contributed by atoms with Gasteiger partial charge in [-0.15, -0.1) is 0 Å². The van der Waals surface area contributed by atoms with Crippen molar-refractivity contribution in [1.29, 1.82) is 0 Å². The number of fused-ring (bicyclic) bond motifs is 7. The zero-order valence-electron chi connectivity index (χ0n) is 23.1. The fourth-order valence-electron chi connectivity index (χ4n) is 7.66. The van der Waals surface area contributed by atoms with E-state index in [1.807, 2.05) is 32.9 Å². The lowest BCUT2D eigenvalue weighted by atomic mass is 9.68. The van der Waals surface area contributed by atoms with Crippen LogP contribution >= 0.6 is 0 Å². The number of likely N-dealkylation sites (tertiary alicyclic amines) is 1. The Hall–Kier alpha value is -2.86. The Balaban J connectivity index is 1.31. The van der Waals surface area contributed by atoms with Crippen molar-refractivity contribution in [3.63, 3.8) is 0 Å². The van der Waals surface area contributed by atoms with Crippen molar-refractivity contribution in [1.82, 2.24) is 9.80 Å². The maximum absolute atomic E-state index is 13.9. The number of ether oxygens (including phenoxy) is 1. The third kappa shape index (κ3) is 4.51. The number of piperidine rings is 3. The molecule has 4 atom stereocenters. The molecule has 6 nitrogen and oxygen atoms in total. The van der Waals surface area contributed by atoms with Gasteiger partial charge in [-0.3, -0.25) is 9.69 Å². The number of benzene rings is 1. The molecule has 0 N–H and O–H groups in total. The molecule has 4 aliphatic rings. The van der Waals surface area contributed by atoms with Crippen molar-refractivity contribution in [2.24, 2.45) is 11.8 Å². The van der Waals surface area contributed by atoms with Crippen LogP contribution in [0.5, 0.6) is 5.75 Å². The third-order valence-electron chi connectivity index (χ3n) is 9.27. The Bertz CT molecular complexity index is 1370. The topological polar surface area (TPSA) is 63.0 Å². The summed E-state index contributed by atoms with van der Waals surface area (Å²) < 4.78 is 11.8. The minimum Gasteiger partial charge on any atom is -0.488 e. The second-order valence-electron chi connectivity index (χ2n) is 12.1. The molecule has 38 heavy (non-hydrogen) atoms. The molecule has 1 aromatic heterocycles. The Morgan fingerprint density at radius 3 is 2.84 bits per heavy atom. The first kappa shape index (κ1) is 25.4. The van der Waals surface area contributed by atoms with Crippen LogP contribution in [-0.2, 0) is 11.2 Å². The smallest absolute Gasteiger partial charge is 0.340 e. The first-order valence-corrected chi connectivity index (χ1v) is 14.4. The zero-order valence-corrected chi connectivity index (χ0v) is 23.1. The fourth-order valence-corrected chi connectivity index (χ4v) is 7.66. The summed E-state index contributed by atoms with van der Waals surface area (Å²) in [4.78, 5) is 31.9.